The summed E-state index contributed by atoms with van der Waals surface area (Å²) in [4.78, 5) is 28.2. The van der Waals surface area contributed by atoms with Gasteiger partial charge in [0.15, 0.2) is 0 Å². The van der Waals surface area contributed by atoms with Crippen molar-refractivity contribution >= 4 is 17.5 Å². The van der Waals surface area contributed by atoms with E-state index >= 15 is 0 Å². The molecule has 0 aliphatic carbocycles. The zero-order chi connectivity index (χ0) is 13.8. The van der Waals surface area contributed by atoms with Gasteiger partial charge >= 0.3 is 11.7 Å². The third kappa shape index (κ3) is 2.64. The Morgan fingerprint density at radius 2 is 2.11 bits per heavy atom. The third-order valence-electron chi connectivity index (χ3n) is 3.15. The van der Waals surface area contributed by atoms with Gasteiger partial charge in [-0.3, -0.25) is 10.1 Å². The normalized spacial score (nSPS) is 15.1. The molecule has 7 heteroatoms. The number of rotatable bonds is 3. The molecule has 19 heavy (non-hydrogen) atoms. The Morgan fingerprint density at radius 3 is 2.68 bits per heavy atom. The molecule has 0 unspecified atom stereocenters. The van der Waals surface area contributed by atoms with Gasteiger partial charge in [-0.05, 0) is 25.3 Å². The summed E-state index contributed by atoms with van der Waals surface area (Å²) in [5, 5.41) is 11.2. The maximum atomic E-state index is 11.6. The second-order valence-corrected chi connectivity index (χ2v) is 4.33. The van der Waals surface area contributed by atoms with Gasteiger partial charge in [0, 0.05) is 19.3 Å². The number of nitro groups is 1. The van der Waals surface area contributed by atoms with Crippen molar-refractivity contribution in [1.82, 2.24) is 4.98 Å². The summed E-state index contributed by atoms with van der Waals surface area (Å²) in [5.74, 6) is -0.458. The Balaban J connectivity index is 2.47. The molecule has 1 saturated heterocycles. The van der Waals surface area contributed by atoms with Crippen LogP contribution in [0.2, 0.25) is 0 Å². The molecule has 0 bridgehead atoms. The number of aromatic nitrogens is 1. The van der Waals surface area contributed by atoms with Crippen molar-refractivity contribution in [2.24, 2.45) is 0 Å². The number of ether oxygens (including phenoxy) is 1. The van der Waals surface area contributed by atoms with Gasteiger partial charge in [0.05, 0.1) is 12.0 Å². The Morgan fingerprint density at radius 1 is 1.42 bits per heavy atom. The van der Waals surface area contributed by atoms with Crippen LogP contribution in [-0.2, 0) is 4.74 Å². The molecule has 1 aromatic heterocycles. The second kappa shape index (κ2) is 5.64. The highest BCUT2D eigenvalue weighted by molar-refractivity contribution is 5.96. The average Bonchev–Trinajstić information content (AvgIpc) is 2.46. The average molecular weight is 265 g/mol. The number of esters is 1. The first-order valence-electron chi connectivity index (χ1n) is 6.12. The van der Waals surface area contributed by atoms with Gasteiger partial charge < -0.3 is 9.64 Å². The molecule has 1 fully saturated rings. The van der Waals surface area contributed by atoms with Crippen molar-refractivity contribution in [3.05, 3.63) is 27.9 Å². The van der Waals surface area contributed by atoms with Crippen LogP contribution in [0.3, 0.4) is 0 Å². The van der Waals surface area contributed by atoms with Crippen LogP contribution in [-0.4, -0.2) is 36.1 Å². The summed E-state index contributed by atoms with van der Waals surface area (Å²) in [6.45, 7) is 1.44. The summed E-state index contributed by atoms with van der Waals surface area (Å²) in [6.07, 6.45) is 4.47. The van der Waals surface area contributed by atoms with Crippen LogP contribution in [0.4, 0.5) is 11.5 Å². The number of hydrogen-bond donors (Lipinski definition) is 0. The monoisotopic (exact) mass is 265 g/mol. The van der Waals surface area contributed by atoms with Gasteiger partial charge in [-0.15, -0.1) is 0 Å². The van der Waals surface area contributed by atoms with Crippen LogP contribution in [0, 0.1) is 10.1 Å². The minimum Gasteiger partial charge on any atom is -0.465 e. The van der Waals surface area contributed by atoms with Crippen LogP contribution >= 0.6 is 0 Å². The van der Waals surface area contributed by atoms with E-state index in [-0.39, 0.29) is 17.1 Å². The zero-order valence-electron chi connectivity index (χ0n) is 10.7. The standard InChI is InChI=1S/C12H15N3O4/c1-19-12(16)9-5-6-13-11(10(9)15(17)18)14-7-3-2-4-8-14/h5-6H,2-4,7-8H2,1H3. The summed E-state index contributed by atoms with van der Waals surface area (Å²) in [6, 6.07) is 1.32. The highest BCUT2D eigenvalue weighted by Gasteiger charge is 2.29. The van der Waals surface area contributed by atoms with Gasteiger partial charge in [-0.25, -0.2) is 9.78 Å². The van der Waals surface area contributed by atoms with Gasteiger partial charge in [-0.2, -0.15) is 0 Å². The number of pyridine rings is 1. The fraction of sp³-hybridized carbons (Fsp3) is 0.500. The second-order valence-electron chi connectivity index (χ2n) is 4.33. The van der Waals surface area contributed by atoms with E-state index in [4.69, 9.17) is 0 Å². The summed E-state index contributed by atoms with van der Waals surface area (Å²) in [7, 11) is 1.20. The number of methoxy groups -OCH3 is 1. The van der Waals surface area contributed by atoms with Crippen LogP contribution < -0.4 is 4.90 Å². The predicted octanol–water partition coefficient (Wildman–Crippen LogP) is 1.77. The first-order chi connectivity index (χ1) is 9.15. The summed E-state index contributed by atoms with van der Waals surface area (Å²) >= 11 is 0. The molecule has 0 radical (unpaired) electrons. The molecule has 7 nitrogen and oxygen atoms in total. The van der Waals surface area contributed by atoms with E-state index in [0.29, 0.717) is 0 Å². The van der Waals surface area contributed by atoms with Crippen molar-refractivity contribution in [3.63, 3.8) is 0 Å². The quantitative estimate of drug-likeness (QED) is 0.470. The first-order valence-corrected chi connectivity index (χ1v) is 6.12. The Hall–Kier alpha value is -2.18. The van der Waals surface area contributed by atoms with Gasteiger partial charge in [-0.1, -0.05) is 0 Å². The molecule has 0 spiro atoms. The molecular formula is C12H15N3O4. The molecular weight excluding hydrogens is 250 g/mol. The molecule has 102 valence electrons. The molecule has 1 aromatic rings. The van der Waals surface area contributed by atoms with Crippen LogP contribution in [0.25, 0.3) is 0 Å². The van der Waals surface area contributed by atoms with Crippen molar-refractivity contribution in [1.29, 1.82) is 0 Å². The van der Waals surface area contributed by atoms with Gasteiger partial charge in [0.1, 0.15) is 5.56 Å². The lowest BCUT2D eigenvalue weighted by molar-refractivity contribution is -0.384. The number of nitrogens with zero attached hydrogens (tertiary/aromatic N) is 3. The minimum absolute atomic E-state index is 0.0527. The number of hydrogen-bond acceptors (Lipinski definition) is 6. The lowest BCUT2D eigenvalue weighted by atomic mass is 10.1. The first kappa shape index (κ1) is 13.3. The van der Waals surface area contributed by atoms with Crippen molar-refractivity contribution in [3.8, 4) is 0 Å². The van der Waals surface area contributed by atoms with Gasteiger partial charge in [0.25, 0.3) is 0 Å². The summed E-state index contributed by atoms with van der Waals surface area (Å²) in [5.41, 5.74) is -0.320. The van der Waals surface area contributed by atoms with E-state index in [2.05, 4.69) is 9.72 Å². The highest BCUT2D eigenvalue weighted by atomic mass is 16.6. The zero-order valence-corrected chi connectivity index (χ0v) is 10.7. The molecule has 1 aliphatic rings. The molecule has 0 aromatic carbocycles. The smallest absolute Gasteiger partial charge is 0.345 e. The minimum atomic E-state index is -0.715. The Bertz CT molecular complexity index is 498. The molecule has 0 saturated carbocycles. The number of carbonyl (C=O) groups is 1. The fourth-order valence-electron chi connectivity index (χ4n) is 2.23. The molecule has 2 heterocycles. The number of piperidine rings is 1. The predicted molar refractivity (Wildman–Crippen MR) is 68.3 cm³/mol. The fourth-order valence-corrected chi connectivity index (χ4v) is 2.23. The van der Waals surface area contributed by atoms with Gasteiger partial charge in [0.2, 0.25) is 5.82 Å². The maximum absolute atomic E-state index is 11.6. The van der Waals surface area contributed by atoms with E-state index < -0.39 is 10.9 Å². The topological polar surface area (TPSA) is 85.6 Å². The Kier molecular flexibility index (Phi) is 3.94. The Labute approximate surface area is 110 Å². The molecule has 0 amide bonds. The number of carbonyl (C=O) groups excluding carboxylic acids is 1. The van der Waals surface area contributed by atoms with Crippen LogP contribution in [0.15, 0.2) is 12.3 Å². The lowest BCUT2D eigenvalue weighted by Gasteiger charge is -2.27. The lowest BCUT2D eigenvalue weighted by Crippen LogP contribution is -2.31. The van der Waals surface area contributed by atoms with Crippen molar-refractivity contribution < 1.29 is 14.5 Å². The van der Waals surface area contributed by atoms with Crippen molar-refractivity contribution in [2.45, 2.75) is 19.3 Å². The molecule has 2 rings (SSSR count). The molecule has 1 aliphatic heterocycles. The van der Waals surface area contributed by atoms with E-state index in [0.717, 1.165) is 32.4 Å². The molecule has 0 N–H and O–H groups in total. The number of anilines is 1. The molecule has 0 atom stereocenters. The largest absolute Gasteiger partial charge is 0.465 e. The maximum Gasteiger partial charge on any atom is 0.345 e. The van der Waals surface area contributed by atoms with E-state index in [9.17, 15) is 14.9 Å². The summed E-state index contributed by atoms with van der Waals surface area (Å²) < 4.78 is 4.58. The van der Waals surface area contributed by atoms with Crippen LogP contribution in [0.5, 0.6) is 0 Å². The highest BCUT2D eigenvalue weighted by Crippen LogP contribution is 2.31. The van der Waals surface area contributed by atoms with E-state index in [1.165, 1.54) is 19.4 Å². The van der Waals surface area contributed by atoms with Crippen LogP contribution in [0.1, 0.15) is 29.6 Å². The van der Waals surface area contributed by atoms with Crippen molar-refractivity contribution in [2.75, 3.05) is 25.1 Å². The SMILES string of the molecule is COC(=O)c1ccnc(N2CCCCC2)c1[N+](=O)[O-]. The third-order valence-corrected chi connectivity index (χ3v) is 3.15. The van der Waals surface area contributed by atoms with E-state index in [1.54, 1.807) is 0 Å². The van der Waals surface area contributed by atoms with E-state index in [1.807, 2.05) is 4.90 Å².